The molecule has 1 aromatic carbocycles. The third kappa shape index (κ3) is 30.8. The molecule has 0 atom stereocenters. The van der Waals surface area contributed by atoms with Crippen LogP contribution < -0.4 is 9.47 Å². The van der Waals surface area contributed by atoms with Crippen LogP contribution in [0.15, 0.2) is 18.2 Å². The van der Waals surface area contributed by atoms with Crippen LogP contribution in [0.2, 0.25) is 0 Å². The Kier molecular flexibility index (Phi) is 34.6. The molecule has 0 aliphatic carbocycles. The number of hydrogen-bond acceptors (Lipinski definition) is 2. The smallest absolute Gasteiger partial charge is 0.123 e. The molecule has 0 heterocycles. The highest BCUT2D eigenvalue weighted by molar-refractivity contribution is 5.38. The zero-order valence-electron chi connectivity index (χ0n) is 33.2. The third-order valence-corrected chi connectivity index (χ3v) is 10.3. The second-order valence-electron chi connectivity index (χ2n) is 15.2. The van der Waals surface area contributed by atoms with E-state index in [0.717, 1.165) is 44.0 Å². The molecule has 0 spiro atoms. The van der Waals surface area contributed by atoms with Crippen LogP contribution in [0, 0.1) is 0 Å². The second-order valence-corrected chi connectivity index (χ2v) is 15.2. The first-order valence-corrected chi connectivity index (χ1v) is 22.2. The van der Waals surface area contributed by atoms with Gasteiger partial charge in [-0.1, -0.05) is 220 Å². The van der Waals surface area contributed by atoms with Gasteiger partial charge in [0.05, 0.1) is 13.2 Å². The molecule has 0 saturated carbocycles. The van der Waals surface area contributed by atoms with E-state index in [1.807, 2.05) is 0 Å². The van der Waals surface area contributed by atoms with Crippen LogP contribution in [-0.4, -0.2) is 13.2 Å². The minimum atomic E-state index is 0.828. The Bertz CT molecular complexity index is 702. The van der Waals surface area contributed by atoms with Gasteiger partial charge in [0, 0.05) is 6.07 Å². The number of rotatable bonds is 39. The van der Waals surface area contributed by atoms with Crippen molar-refractivity contribution < 1.29 is 9.47 Å². The van der Waals surface area contributed by atoms with Crippen LogP contribution in [0.4, 0.5) is 0 Å². The first kappa shape index (κ1) is 44.8. The van der Waals surface area contributed by atoms with Crippen molar-refractivity contribution in [1.29, 1.82) is 0 Å². The number of hydrogen-bond donors (Lipinski definition) is 0. The molecule has 2 heteroatoms. The quantitative estimate of drug-likeness (QED) is 0.0649. The largest absolute Gasteiger partial charge is 0.493 e. The second kappa shape index (κ2) is 37.1. The summed E-state index contributed by atoms with van der Waals surface area (Å²) in [4.78, 5) is 0. The maximum atomic E-state index is 6.24. The summed E-state index contributed by atoms with van der Waals surface area (Å²) in [6.07, 6.45) is 48.5. The van der Waals surface area contributed by atoms with E-state index in [9.17, 15) is 0 Å². The molecule has 0 N–H and O–H groups in total. The summed E-state index contributed by atoms with van der Waals surface area (Å²) in [6.45, 7) is 8.53. The van der Waals surface area contributed by atoms with Crippen molar-refractivity contribution in [2.24, 2.45) is 0 Å². The Balaban J connectivity index is 2.04. The molecule has 48 heavy (non-hydrogen) atoms. The van der Waals surface area contributed by atoms with Gasteiger partial charge in [-0.25, -0.2) is 0 Å². The number of aryl methyl sites for hydroxylation is 1. The van der Waals surface area contributed by atoms with Crippen LogP contribution in [0.5, 0.6) is 11.5 Å². The van der Waals surface area contributed by atoms with E-state index in [2.05, 4.69) is 39.0 Å². The molecule has 0 saturated heterocycles. The summed E-state index contributed by atoms with van der Waals surface area (Å²) in [5.74, 6) is 2.01. The van der Waals surface area contributed by atoms with Crippen LogP contribution in [-0.2, 0) is 6.42 Å². The van der Waals surface area contributed by atoms with Gasteiger partial charge in [-0.3, -0.25) is 0 Å². The summed E-state index contributed by atoms with van der Waals surface area (Å²) < 4.78 is 12.5. The Morgan fingerprint density at radius 1 is 0.292 bits per heavy atom. The third-order valence-electron chi connectivity index (χ3n) is 10.3. The van der Waals surface area contributed by atoms with Crippen LogP contribution in [0.3, 0.4) is 0 Å². The first-order valence-electron chi connectivity index (χ1n) is 22.2. The molecule has 282 valence electrons. The molecular formula is C46H86O2. The number of unbranched alkanes of at least 4 members (excludes halogenated alkanes) is 31. The Labute approximate surface area is 302 Å². The van der Waals surface area contributed by atoms with E-state index in [1.165, 1.54) is 211 Å². The molecule has 2 nitrogen and oxygen atoms in total. The molecule has 0 aliphatic rings. The summed E-state index contributed by atoms with van der Waals surface area (Å²) in [7, 11) is 0. The standard InChI is InChI=1S/C46H86O2/c1-4-7-10-12-14-16-18-20-22-24-26-28-30-32-34-36-39-47-45-41-44(38-9-6-3)42-46(43-45)48-40-37-35-33-31-29-27-25-23-21-19-17-15-13-11-8-5-2/h41-43H,4-40H2,1-3H3. The van der Waals surface area contributed by atoms with Gasteiger partial charge in [0.2, 0.25) is 0 Å². The van der Waals surface area contributed by atoms with Crippen molar-refractivity contribution in [2.75, 3.05) is 13.2 Å². The highest BCUT2D eigenvalue weighted by Gasteiger charge is 2.05. The number of ether oxygens (including phenoxy) is 2. The van der Waals surface area contributed by atoms with Gasteiger partial charge in [-0.2, -0.15) is 0 Å². The highest BCUT2D eigenvalue weighted by atomic mass is 16.5. The zero-order chi connectivity index (χ0) is 34.4. The lowest BCUT2D eigenvalue weighted by Crippen LogP contribution is -2.01. The van der Waals surface area contributed by atoms with Gasteiger partial charge in [0.15, 0.2) is 0 Å². The maximum absolute atomic E-state index is 6.24. The highest BCUT2D eigenvalue weighted by Crippen LogP contribution is 2.25. The predicted molar refractivity (Wildman–Crippen MR) is 215 cm³/mol. The van der Waals surface area contributed by atoms with E-state index in [4.69, 9.17) is 9.47 Å². The molecule has 0 fully saturated rings. The SMILES string of the molecule is CCCCCCCCCCCCCCCCCCOc1cc(CCCC)cc(OCCCCCCCCCCCCCCCCCC)c1. The normalized spacial score (nSPS) is 11.4. The van der Waals surface area contributed by atoms with Gasteiger partial charge in [-0.05, 0) is 43.4 Å². The average molecular weight is 671 g/mol. The average Bonchev–Trinajstić information content (AvgIpc) is 3.10. The Morgan fingerprint density at radius 2 is 0.542 bits per heavy atom. The van der Waals surface area contributed by atoms with Crippen molar-refractivity contribution >= 4 is 0 Å². The summed E-state index contributed by atoms with van der Waals surface area (Å²) in [5.41, 5.74) is 1.36. The fourth-order valence-corrected chi connectivity index (χ4v) is 7.00. The first-order chi connectivity index (χ1) is 23.8. The lowest BCUT2D eigenvalue weighted by Gasteiger charge is -2.13. The minimum Gasteiger partial charge on any atom is -0.493 e. The summed E-state index contributed by atoms with van der Waals surface area (Å²) in [6, 6.07) is 6.64. The molecule has 1 aromatic rings. The fourth-order valence-electron chi connectivity index (χ4n) is 7.00. The van der Waals surface area contributed by atoms with Gasteiger partial charge in [0.25, 0.3) is 0 Å². The van der Waals surface area contributed by atoms with Crippen molar-refractivity contribution in [1.82, 2.24) is 0 Å². The van der Waals surface area contributed by atoms with Crippen molar-refractivity contribution in [3.8, 4) is 11.5 Å². The Hall–Kier alpha value is -1.18. The van der Waals surface area contributed by atoms with E-state index < -0.39 is 0 Å². The molecular weight excluding hydrogens is 585 g/mol. The lowest BCUT2D eigenvalue weighted by molar-refractivity contribution is 0.289. The summed E-state index contributed by atoms with van der Waals surface area (Å²) in [5, 5.41) is 0. The van der Waals surface area contributed by atoms with Crippen LogP contribution >= 0.6 is 0 Å². The van der Waals surface area contributed by atoms with Gasteiger partial charge < -0.3 is 9.47 Å². The molecule has 0 aliphatic heterocycles. The molecule has 1 rings (SSSR count). The number of benzene rings is 1. The van der Waals surface area contributed by atoms with Crippen LogP contribution in [0.25, 0.3) is 0 Å². The molecule has 0 unspecified atom stereocenters. The van der Waals surface area contributed by atoms with E-state index in [1.54, 1.807) is 0 Å². The van der Waals surface area contributed by atoms with E-state index in [-0.39, 0.29) is 0 Å². The fraction of sp³-hybridized carbons (Fsp3) is 0.870. The van der Waals surface area contributed by atoms with Crippen molar-refractivity contribution in [2.45, 2.75) is 245 Å². The van der Waals surface area contributed by atoms with Gasteiger partial charge >= 0.3 is 0 Å². The monoisotopic (exact) mass is 671 g/mol. The minimum absolute atomic E-state index is 0.828. The predicted octanol–water partition coefficient (Wildman–Crippen LogP) is 16.3. The van der Waals surface area contributed by atoms with E-state index in [0.29, 0.717) is 0 Å². The molecule has 0 bridgehead atoms. The zero-order valence-corrected chi connectivity index (χ0v) is 33.2. The topological polar surface area (TPSA) is 18.5 Å². The molecule has 0 radical (unpaired) electrons. The van der Waals surface area contributed by atoms with Crippen molar-refractivity contribution in [3.63, 3.8) is 0 Å². The van der Waals surface area contributed by atoms with Crippen molar-refractivity contribution in [3.05, 3.63) is 23.8 Å². The Morgan fingerprint density at radius 3 is 0.812 bits per heavy atom. The molecule has 0 aromatic heterocycles. The summed E-state index contributed by atoms with van der Waals surface area (Å²) >= 11 is 0. The lowest BCUT2D eigenvalue weighted by atomic mass is 10.0. The van der Waals surface area contributed by atoms with Gasteiger partial charge in [-0.15, -0.1) is 0 Å². The van der Waals surface area contributed by atoms with Crippen LogP contribution in [0.1, 0.15) is 245 Å². The van der Waals surface area contributed by atoms with E-state index >= 15 is 0 Å². The van der Waals surface area contributed by atoms with Gasteiger partial charge in [0.1, 0.15) is 11.5 Å². The maximum Gasteiger partial charge on any atom is 0.123 e. The molecule has 0 amide bonds.